The number of carbonyl (C=O) groups is 1. The second-order valence-corrected chi connectivity index (χ2v) is 8.61. The Bertz CT molecular complexity index is 1070. The number of alkyl halides is 3. The first kappa shape index (κ1) is 21.7. The van der Waals surface area contributed by atoms with E-state index in [2.05, 4.69) is 25.6 Å². The van der Waals surface area contributed by atoms with Crippen LogP contribution in [0.5, 0.6) is 5.75 Å². The van der Waals surface area contributed by atoms with E-state index in [0.29, 0.717) is 61.4 Å². The van der Waals surface area contributed by atoms with Gasteiger partial charge in [-0.15, -0.1) is 0 Å². The van der Waals surface area contributed by atoms with Gasteiger partial charge in [0.05, 0.1) is 18.5 Å². The van der Waals surface area contributed by atoms with E-state index >= 15 is 0 Å². The molecular formula is C21H23F3N6O3. The van der Waals surface area contributed by atoms with Crippen molar-refractivity contribution >= 4 is 23.4 Å². The van der Waals surface area contributed by atoms with Crippen molar-refractivity contribution in [3.8, 4) is 5.75 Å². The molecule has 2 N–H and O–H groups in total. The van der Waals surface area contributed by atoms with Crippen molar-refractivity contribution in [2.45, 2.75) is 50.0 Å². The average molecular weight is 464 g/mol. The summed E-state index contributed by atoms with van der Waals surface area (Å²) in [5.41, 5.74) is -0.472. The van der Waals surface area contributed by atoms with Crippen LogP contribution in [0.1, 0.15) is 30.7 Å². The summed E-state index contributed by atoms with van der Waals surface area (Å²) in [6.45, 7) is 2.63. The molecule has 1 unspecified atom stereocenters. The number of hydrogen-bond donors (Lipinski definition) is 2. The molecule has 1 atom stereocenters. The normalized spacial score (nSPS) is 26.6. The number of ether oxygens (including phenoxy) is 2. The Morgan fingerprint density at radius 2 is 2.09 bits per heavy atom. The van der Waals surface area contributed by atoms with Gasteiger partial charge in [0.2, 0.25) is 5.95 Å². The summed E-state index contributed by atoms with van der Waals surface area (Å²) in [5.74, 6) is 1.27. The highest BCUT2D eigenvalue weighted by Gasteiger charge is 2.50. The number of nitrogens with one attached hydrogen (secondary N) is 2. The molecule has 3 aliphatic rings. The summed E-state index contributed by atoms with van der Waals surface area (Å²) < 4.78 is 49.1. The minimum atomic E-state index is -4.47. The summed E-state index contributed by atoms with van der Waals surface area (Å²) in [4.78, 5) is 27.2. The van der Waals surface area contributed by atoms with Crippen LogP contribution in [-0.4, -0.2) is 58.8 Å². The number of hydrogen-bond acceptors (Lipinski definition) is 8. The van der Waals surface area contributed by atoms with Gasteiger partial charge < -0.3 is 25.0 Å². The number of nitrogens with zero attached hydrogens (tertiary/aromatic N) is 4. The minimum absolute atomic E-state index is 0.0575. The lowest BCUT2D eigenvalue weighted by Gasteiger charge is -2.42. The molecule has 5 rings (SSSR count). The lowest BCUT2D eigenvalue weighted by Crippen LogP contribution is -2.59. The van der Waals surface area contributed by atoms with Crippen molar-refractivity contribution in [2.75, 3.05) is 35.8 Å². The van der Waals surface area contributed by atoms with E-state index in [1.807, 2.05) is 18.9 Å². The Balaban J connectivity index is 1.23. The van der Waals surface area contributed by atoms with Gasteiger partial charge in [-0.05, 0) is 19.1 Å². The van der Waals surface area contributed by atoms with Crippen LogP contribution in [0.15, 0.2) is 18.3 Å². The molecule has 1 amide bonds. The van der Waals surface area contributed by atoms with E-state index in [1.165, 1.54) is 6.07 Å². The number of carbonyl (C=O) groups excluding carboxylic acids is 1. The molecule has 0 radical (unpaired) electrons. The van der Waals surface area contributed by atoms with Crippen molar-refractivity contribution in [1.82, 2.24) is 15.0 Å². The van der Waals surface area contributed by atoms with Crippen molar-refractivity contribution in [1.29, 1.82) is 0 Å². The molecule has 1 spiro atoms. The van der Waals surface area contributed by atoms with Crippen LogP contribution in [0.3, 0.4) is 0 Å². The molecule has 1 aliphatic carbocycles. The Morgan fingerprint density at radius 1 is 1.30 bits per heavy atom. The number of aryl methyl sites for hydroxylation is 1. The van der Waals surface area contributed by atoms with Crippen molar-refractivity contribution in [3.05, 3.63) is 29.7 Å². The number of aromatic nitrogens is 3. The second kappa shape index (κ2) is 7.72. The quantitative estimate of drug-likeness (QED) is 0.713. The molecular weight excluding hydrogens is 441 g/mol. The van der Waals surface area contributed by atoms with E-state index in [4.69, 9.17) is 9.47 Å². The second-order valence-electron chi connectivity index (χ2n) is 8.61. The first-order valence-corrected chi connectivity index (χ1v) is 10.6. The third-order valence-electron chi connectivity index (χ3n) is 6.45. The summed E-state index contributed by atoms with van der Waals surface area (Å²) >= 11 is 0. The zero-order chi connectivity index (χ0) is 23.4. The van der Waals surface area contributed by atoms with Crippen molar-refractivity contribution < 1.29 is 27.4 Å². The largest absolute Gasteiger partial charge is 0.489 e. The van der Waals surface area contributed by atoms with Crippen LogP contribution in [0, 0.1) is 6.92 Å². The molecule has 33 heavy (non-hydrogen) atoms. The predicted molar refractivity (Wildman–Crippen MR) is 112 cm³/mol. The van der Waals surface area contributed by atoms with Gasteiger partial charge >= 0.3 is 6.18 Å². The van der Waals surface area contributed by atoms with Crippen molar-refractivity contribution in [3.63, 3.8) is 0 Å². The maximum atomic E-state index is 12.7. The fourth-order valence-corrected chi connectivity index (χ4v) is 4.37. The van der Waals surface area contributed by atoms with Crippen LogP contribution in [-0.2, 0) is 15.7 Å². The van der Waals surface area contributed by atoms with E-state index in [-0.39, 0.29) is 18.1 Å². The monoisotopic (exact) mass is 464 g/mol. The topological polar surface area (TPSA) is 102 Å². The Hall–Kier alpha value is -3.15. The first-order valence-electron chi connectivity index (χ1n) is 10.6. The number of fused-ring (bicyclic) bond motifs is 1. The number of likely N-dealkylation sites (N-methyl/N-ethyl adjacent to an activating group) is 1. The van der Waals surface area contributed by atoms with Gasteiger partial charge in [-0.1, -0.05) is 0 Å². The average Bonchev–Trinajstić information content (AvgIpc) is 3.23. The highest BCUT2D eigenvalue weighted by Crippen LogP contribution is 2.40. The van der Waals surface area contributed by atoms with Crippen LogP contribution >= 0.6 is 0 Å². The molecule has 2 aromatic heterocycles. The molecule has 0 aromatic carbocycles. The fraction of sp³-hybridized carbons (Fsp3) is 0.524. The Kier molecular flexibility index (Phi) is 5.07. The standard InChI is InChI=1S/C21H23F3N6O3/c1-11-16-17(30(2)20(18(31)28-16)5-6-32-10-20)29-19(26-11)27-12-7-14(8-12)33-13-3-4-15(25-9-13)21(22,23)24/h3-4,9,12,14H,5-8,10H2,1-2H3,(H,28,31)(H,26,27,29)/t12-,14-,20?. The molecule has 12 heteroatoms. The molecule has 2 fully saturated rings. The molecule has 2 aromatic rings. The summed E-state index contributed by atoms with van der Waals surface area (Å²) in [6, 6.07) is 2.24. The SMILES string of the molecule is Cc1nc(N[C@H]2C[C@H](Oc3ccc(C(F)(F)F)nc3)C2)nc2c1NC(=O)C1(CCOC1)N2C. The molecule has 0 bridgehead atoms. The minimum Gasteiger partial charge on any atom is -0.489 e. The molecule has 1 saturated heterocycles. The number of rotatable bonds is 4. The molecule has 1 saturated carbocycles. The predicted octanol–water partition coefficient (Wildman–Crippen LogP) is 2.77. The number of halogens is 3. The van der Waals surface area contributed by atoms with Gasteiger partial charge in [0.1, 0.15) is 28.8 Å². The zero-order valence-electron chi connectivity index (χ0n) is 18.1. The Labute approximate surface area is 187 Å². The third-order valence-corrected chi connectivity index (χ3v) is 6.45. The summed E-state index contributed by atoms with van der Waals surface area (Å²) in [5, 5.41) is 6.23. The highest BCUT2D eigenvalue weighted by atomic mass is 19.4. The maximum Gasteiger partial charge on any atom is 0.433 e. The number of amides is 1. The smallest absolute Gasteiger partial charge is 0.433 e. The van der Waals surface area contributed by atoms with Gasteiger partial charge in [-0.25, -0.2) is 9.97 Å². The van der Waals surface area contributed by atoms with Gasteiger partial charge in [-0.2, -0.15) is 18.2 Å². The molecule has 176 valence electrons. The summed E-state index contributed by atoms with van der Waals surface area (Å²) in [6.07, 6.45) is -1.65. The van der Waals surface area contributed by atoms with Crippen LogP contribution in [0.2, 0.25) is 0 Å². The van der Waals surface area contributed by atoms with Gasteiger partial charge in [0, 0.05) is 39.0 Å². The fourth-order valence-electron chi connectivity index (χ4n) is 4.37. The lowest BCUT2D eigenvalue weighted by atomic mass is 9.89. The number of pyridine rings is 1. The molecule has 2 aliphatic heterocycles. The lowest BCUT2D eigenvalue weighted by molar-refractivity contribution is -0.141. The van der Waals surface area contributed by atoms with Crippen LogP contribution < -0.4 is 20.3 Å². The maximum absolute atomic E-state index is 12.7. The van der Waals surface area contributed by atoms with E-state index < -0.39 is 17.4 Å². The first-order chi connectivity index (χ1) is 15.7. The van der Waals surface area contributed by atoms with Gasteiger partial charge in [0.25, 0.3) is 5.91 Å². The zero-order valence-corrected chi connectivity index (χ0v) is 18.1. The van der Waals surface area contributed by atoms with Crippen LogP contribution in [0.25, 0.3) is 0 Å². The third kappa shape index (κ3) is 3.81. The van der Waals surface area contributed by atoms with Gasteiger partial charge in [0.15, 0.2) is 5.82 Å². The van der Waals surface area contributed by atoms with Crippen molar-refractivity contribution in [2.24, 2.45) is 0 Å². The highest BCUT2D eigenvalue weighted by molar-refractivity contribution is 6.06. The van der Waals surface area contributed by atoms with E-state index in [9.17, 15) is 18.0 Å². The van der Waals surface area contributed by atoms with Crippen LogP contribution in [0.4, 0.5) is 30.6 Å². The molecule has 4 heterocycles. The number of anilines is 3. The summed E-state index contributed by atoms with van der Waals surface area (Å²) in [7, 11) is 1.84. The molecule has 9 nitrogen and oxygen atoms in total. The Morgan fingerprint density at radius 3 is 2.73 bits per heavy atom. The van der Waals surface area contributed by atoms with Gasteiger partial charge in [-0.3, -0.25) is 4.79 Å². The van der Waals surface area contributed by atoms with E-state index in [1.54, 1.807) is 0 Å². The van der Waals surface area contributed by atoms with E-state index in [0.717, 1.165) is 12.3 Å².